The minimum atomic E-state index is -1.07. The molecule has 4 nitrogen and oxygen atoms in total. The quantitative estimate of drug-likeness (QED) is 0.640. The third-order valence-corrected chi connectivity index (χ3v) is 2.51. The average molecular weight is 234 g/mol. The Balaban J connectivity index is 3.25. The van der Waals surface area contributed by atoms with Crippen LogP contribution >= 0.6 is 0 Å². The van der Waals surface area contributed by atoms with Crippen molar-refractivity contribution in [2.75, 3.05) is 0 Å². The van der Waals surface area contributed by atoms with Gasteiger partial charge < -0.3 is 5.11 Å². The zero-order valence-corrected chi connectivity index (χ0v) is 10.0. The SMILES string of the molecule is CC(=O)CC(=O)c1cc(C(=O)O)c(C)cc1C. The Morgan fingerprint density at radius 1 is 1.06 bits per heavy atom. The van der Waals surface area contributed by atoms with E-state index in [2.05, 4.69) is 0 Å². The molecular formula is C13H14O4. The number of carbonyl (C=O) groups is 3. The first kappa shape index (κ1) is 13.1. The van der Waals surface area contributed by atoms with Gasteiger partial charge in [0.1, 0.15) is 5.78 Å². The first-order valence-electron chi connectivity index (χ1n) is 5.20. The van der Waals surface area contributed by atoms with E-state index in [0.717, 1.165) is 0 Å². The van der Waals surface area contributed by atoms with Gasteiger partial charge in [0.05, 0.1) is 12.0 Å². The zero-order chi connectivity index (χ0) is 13.2. The lowest BCUT2D eigenvalue weighted by molar-refractivity contribution is -0.116. The predicted molar refractivity (Wildman–Crippen MR) is 62.5 cm³/mol. The molecule has 0 aliphatic carbocycles. The van der Waals surface area contributed by atoms with E-state index >= 15 is 0 Å². The molecule has 0 amide bonds. The summed E-state index contributed by atoms with van der Waals surface area (Å²) in [5.74, 6) is -1.64. The molecule has 0 atom stereocenters. The van der Waals surface area contributed by atoms with Crippen LogP contribution in [0.5, 0.6) is 0 Å². The van der Waals surface area contributed by atoms with Crippen molar-refractivity contribution in [3.8, 4) is 0 Å². The van der Waals surface area contributed by atoms with Gasteiger partial charge in [-0.1, -0.05) is 6.07 Å². The molecule has 0 bridgehead atoms. The molecule has 0 aromatic heterocycles. The largest absolute Gasteiger partial charge is 0.478 e. The second kappa shape index (κ2) is 4.91. The number of Topliss-reactive ketones (excluding diaryl/α,β-unsaturated/α-hetero) is 2. The van der Waals surface area contributed by atoms with E-state index in [-0.39, 0.29) is 23.6 Å². The van der Waals surface area contributed by atoms with Crippen LogP contribution in [0, 0.1) is 13.8 Å². The third kappa shape index (κ3) is 3.00. The van der Waals surface area contributed by atoms with Crippen LogP contribution in [-0.4, -0.2) is 22.6 Å². The van der Waals surface area contributed by atoms with E-state index in [9.17, 15) is 14.4 Å². The van der Waals surface area contributed by atoms with E-state index in [1.807, 2.05) is 0 Å². The average Bonchev–Trinajstić information content (AvgIpc) is 2.15. The van der Waals surface area contributed by atoms with Crippen LogP contribution in [0.4, 0.5) is 0 Å². The van der Waals surface area contributed by atoms with Crippen LogP contribution in [0.2, 0.25) is 0 Å². The fourth-order valence-electron chi connectivity index (χ4n) is 1.70. The van der Waals surface area contributed by atoms with Crippen molar-refractivity contribution in [1.82, 2.24) is 0 Å². The molecule has 0 unspecified atom stereocenters. The lowest BCUT2D eigenvalue weighted by Crippen LogP contribution is -2.10. The van der Waals surface area contributed by atoms with Gasteiger partial charge in [-0.2, -0.15) is 0 Å². The first-order chi connectivity index (χ1) is 7.82. The Labute approximate surface area is 99.3 Å². The number of hydrogen-bond acceptors (Lipinski definition) is 3. The maximum atomic E-state index is 11.7. The van der Waals surface area contributed by atoms with Crippen LogP contribution in [0.25, 0.3) is 0 Å². The monoisotopic (exact) mass is 234 g/mol. The maximum absolute atomic E-state index is 11.7. The fraction of sp³-hybridized carbons (Fsp3) is 0.308. The molecule has 0 saturated heterocycles. The van der Waals surface area contributed by atoms with Crippen LogP contribution in [0.1, 0.15) is 45.2 Å². The smallest absolute Gasteiger partial charge is 0.335 e. The second-order valence-corrected chi connectivity index (χ2v) is 4.09. The van der Waals surface area contributed by atoms with E-state index < -0.39 is 5.97 Å². The van der Waals surface area contributed by atoms with Gasteiger partial charge in [-0.3, -0.25) is 9.59 Å². The topological polar surface area (TPSA) is 71.4 Å². The standard InChI is InChI=1S/C13H14O4/c1-7-4-8(2)11(13(16)17)6-10(7)12(15)5-9(3)14/h4,6H,5H2,1-3H3,(H,16,17). The summed E-state index contributed by atoms with van der Waals surface area (Å²) in [5.41, 5.74) is 1.71. The summed E-state index contributed by atoms with van der Waals surface area (Å²) >= 11 is 0. The lowest BCUT2D eigenvalue weighted by Gasteiger charge is -2.08. The van der Waals surface area contributed by atoms with Crippen LogP contribution in [-0.2, 0) is 4.79 Å². The molecule has 0 heterocycles. The highest BCUT2D eigenvalue weighted by Crippen LogP contribution is 2.18. The number of carbonyl (C=O) groups excluding carboxylic acids is 2. The first-order valence-corrected chi connectivity index (χ1v) is 5.20. The second-order valence-electron chi connectivity index (χ2n) is 4.09. The number of carboxylic acid groups (broad SMARTS) is 1. The van der Waals surface area contributed by atoms with Crippen LogP contribution in [0.15, 0.2) is 12.1 Å². The molecular weight excluding hydrogens is 220 g/mol. The molecule has 1 aromatic carbocycles. The van der Waals surface area contributed by atoms with Gasteiger partial charge in [0.25, 0.3) is 0 Å². The van der Waals surface area contributed by atoms with Gasteiger partial charge >= 0.3 is 5.97 Å². The number of hydrogen-bond donors (Lipinski definition) is 1. The summed E-state index contributed by atoms with van der Waals surface area (Å²) in [6.45, 7) is 4.74. The summed E-state index contributed by atoms with van der Waals surface area (Å²) in [7, 11) is 0. The van der Waals surface area contributed by atoms with Crippen molar-refractivity contribution in [3.05, 3.63) is 34.4 Å². The Morgan fingerprint density at radius 2 is 1.59 bits per heavy atom. The molecule has 17 heavy (non-hydrogen) atoms. The molecule has 1 rings (SSSR count). The summed E-state index contributed by atoms with van der Waals surface area (Å²) in [4.78, 5) is 33.6. The highest BCUT2D eigenvalue weighted by Gasteiger charge is 2.16. The van der Waals surface area contributed by atoms with Crippen molar-refractivity contribution in [2.24, 2.45) is 0 Å². The molecule has 0 radical (unpaired) electrons. The molecule has 0 fully saturated rings. The van der Waals surface area contributed by atoms with E-state index in [1.54, 1.807) is 19.9 Å². The molecule has 0 spiro atoms. The Bertz CT molecular complexity index is 500. The molecule has 4 heteroatoms. The highest BCUT2D eigenvalue weighted by atomic mass is 16.4. The summed E-state index contributed by atoms with van der Waals surface area (Å²) < 4.78 is 0. The predicted octanol–water partition coefficient (Wildman–Crippen LogP) is 2.16. The molecule has 0 aliphatic heterocycles. The normalized spacial score (nSPS) is 10.1. The van der Waals surface area contributed by atoms with Gasteiger partial charge in [-0.25, -0.2) is 4.79 Å². The number of ketones is 2. The minimum absolute atomic E-state index is 0.0995. The van der Waals surface area contributed by atoms with Gasteiger partial charge in [0, 0.05) is 5.56 Å². The van der Waals surface area contributed by atoms with Crippen molar-refractivity contribution >= 4 is 17.5 Å². The van der Waals surface area contributed by atoms with Crippen LogP contribution < -0.4 is 0 Å². The maximum Gasteiger partial charge on any atom is 0.335 e. The van der Waals surface area contributed by atoms with Crippen molar-refractivity contribution in [1.29, 1.82) is 0 Å². The molecule has 0 saturated carbocycles. The Morgan fingerprint density at radius 3 is 2.06 bits per heavy atom. The van der Waals surface area contributed by atoms with Gasteiger partial charge in [-0.05, 0) is 38.0 Å². The Hall–Kier alpha value is -1.97. The lowest BCUT2D eigenvalue weighted by atomic mass is 9.95. The number of benzene rings is 1. The summed E-state index contributed by atoms with van der Waals surface area (Å²) in [5, 5.41) is 8.97. The van der Waals surface area contributed by atoms with Gasteiger partial charge in [0.2, 0.25) is 0 Å². The van der Waals surface area contributed by atoms with Crippen LogP contribution in [0.3, 0.4) is 0 Å². The fourth-order valence-corrected chi connectivity index (χ4v) is 1.70. The van der Waals surface area contributed by atoms with Crippen molar-refractivity contribution in [3.63, 3.8) is 0 Å². The number of rotatable bonds is 4. The minimum Gasteiger partial charge on any atom is -0.478 e. The molecule has 1 aromatic rings. The third-order valence-electron chi connectivity index (χ3n) is 2.51. The van der Waals surface area contributed by atoms with Gasteiger partial charge in [0.15, 0.2) is 5.78 Å². The van der Waals surface area contributed by atoms with E-state index in [4.69, 9.17) is 5.11 Å². The molecule has 90 valence electrons. The summed E-state index contributed by atoms with van der Waals surface area (Å²) in [6.07, 6.45) is -0.192. The van der Waals surface area contributed by atoms with E-state index in [1.165, 1.54) is 13.0 Å². The molecule has 0 aliphatic rings. The van der Waals surface area contributed by atoms with Gasteiger partial charge in [-0.15, -0.1) is 0 Å². The molecule has 1 N–H and O–H groups in total. The number of aromatic carboxylic acids is 1. The number of aryl methyl sites for hydroxylation is 2. The number of carboxylic acids is 1. The van der Waals surface area contributed by atoms with Crippen molar-refractivity contribution in [2.45, 2.75) is 27.2 Å². The Kier molecular flexibility index (Phi) is 3.78. The highest BCUT2D eigenvalue weighted by molar-refractivity contribution is 6.09. The van der Waals surface area contributed by atoms with Crippen molar-refractivity contribution < 1.29 is 19.5 Å². The zero-order valence-electron chi connectivity index (χ0n) is 10.0. The van der Waals surface area contributed by atoms with E-state index in [0.29, 0.717) is 16.7 Å². The summed E-state index contributed by atoms with van der Waals surface area (Å²) in [6, 6.07) is 3.00.